The minimum atomic E-state index is -0.244. The molecule has 31 heavy (non-hydrogen) atoms. The topological polar surface area (TPSA) is 86.5 Å². The van der Waals surface area contributed by atoms with Gasteiger partial charge in [-0.3, -0.25) is 4.79 Å². The van der Waals surface area contributed by atoms with E-state index in [-0.39, 0.29) is 12.5 Å². The van der Waals surface area contributed by atoms with Crippen molar-refractivity contribution in [3.63, 3.8) is 0 Å². The number of nitrogens with one attached hydrogen (secondary N) is 2. The number of amides is 1. The fourth-order valence-corrected chi connectivity index (χ4v) is 3.21. The third-order valence-corrected chi connectivity index (χ3v) is 5.00. The summed E-state index contributed by atoms with van der Waals surface area (Å²) in [6.07, 6.45) is 1.56. The van der Waals surface area contributed by atoms with E-state index in [9.17, 15) is 4.79 Å². The van der Waals surface area contributed by atoms with E-state index in [0.29, 0.717) is 17.9 Å². The summed E-state index contributed by atoms with van der Waals surface area (Å²) in [6.45, 7) is 2.43. The second-order valence-electron chi connectivity index (χ2n) is 6.76. The van der Waals surface area contributed by atoms with Crippen molar-refractivity contribution in [3.05, 3.63) is 93.5 Å². The maximum Gasteiger partial charge on any atom is 0.259 e. The van der Waals surface area contributed by atoms with E-state index in [1.807, 2.05) is 61.5 Å². The van der Waals surface area contributed by atoms with Crippen molar-refractivity contribution >= 4 is 33.7 Å². The molecule has 0 heterocycles. The Labute approximate surface area is 189 Å². The molecular weight excluding hydrogens is 456 g/mol. The average Bonchev–Trinajstić information content (AvgIpc) is 2.78. The number of benzene rings is 3. The van der Waals surface area contributed by atoms with Crippen molar-refractivity contribution in [1.82, 2.24) is 5.43 Å². The first-order valence-corrected chi connectivity index (χ1v) is 10.4. The number of halogens is 1. The average molecular weight is 477 g/mol. The molecule has 3 aromatic rings. The first-order valence-electron chi connectivity index (χ1n) is 9.58. The zero-order valence-electron chi connectivity index (χ0n) is 16.9. The van der Waals surface area contributed by atoms with Crippen LogP contribution in [0.4, 0.5) is 5.69 Å². The SMILES string of the molecule is Cc1ccc(NCC(=O)N/N=C\c2ccc(OCc3ccccc3C#N)c(Br)c2)cc1. The highest BCUT2D eigenvalue weighted by Gasteiger charge is 2.06. The number of aryl methyl sites for hydroxylation is 1. The molecule has 3 aromatic carbocycles. The molecule has 0 aliphatic carbocycles. The Hall–Kier alpha value is -3.63. The molecule has 0 bridgehead atoms. The summed E-state index contributed by atoms with van der Waals surface area (Å²) >= 11 is 3.48. The van der Waals surface area contributed by atoms with Gasteiger partial charge in [0.25, 0.3) is 5.91 Å². The predicted molar refractivity (Wildman–Crippen MR) is 125 cm³/mol. The lowest BCUT2D eigenvalue weighted by Crippen LogP contribution is -2.25. The molecule has 7 heteroatoms. The number of carbonyl (C=O) groups is 1. The number of ether oxygens (including phenoxy) is 1. The number of rotatable bonds is 8. The Morgan fingerprint density at radius 2 is 1.94 bits per heavy atom. The van der Waals surface area contributed by atoms with Gasteiger partial charge in [-0.05, 0) is 64.8 Å². The van der Waals surface area contributed by atoms with Gasteiger partial charge in [-0.1, -0.05) is 35.9 Å². The smallest absolute Gasteiger partial charge is 0.259 e. The molecule has 6 nitrogen and oxygen atoms in total. The van der Waals surface area contributed by atoms with E-state index in [0.717, 1.165) is 26.9 Å². The van der Waals surface area contributed by atoms with Crippen LogP contribution < -0.4 is 15.5 Å². The van der Waals surface area contributed by atoms with Crippen molar-refractivity contribution in [3.8, 4) is 11.8 Å². The molecule has 0 fully saturated rings. The molecule has 0 aliphatic heterocycles. The molecule has 0 saturated carbocycles. The Morgan fingerprint density at radius 3 is 2.68 bits per heavy atom. The second-order valence-corrected chi connectivity index (χ2v) is 7.61. The van der Waals surface area contributed by atoms with Crippen LogP contribution in [0.2, 0.25) is 0 Å². The minimum absolute atomic E-state index is 0.126. The molecule has 0 aliphatic rings. The monoisotopic (exact) mass is 476 g/mol. The number of hydrazone groups is 1. The van der Waals surface area contributed by atoms with Gasteiger partial charge in [0, 0.05) is 11.3 Å². The van der Waals surface area contributed by atoms with Crippen molar-refractivity contribution in [1.29, 1.82) is 5.26 Å². The summed E-state index contributed by atoms with van der Waals surface area (Å²) in [4.78, 5) is 11.9. The van der Waals surface area contributed by atoms with Crippen molar-refractivity contribution in [2.75, 3.05) is 11.9 Å². The van der Waals surface area contributed by atoms with Gasteiger partial charge in [-0.25, -0.2) is 5.43 Å². The van der Waals surface area contributed by atoms with Gasteiger partial charge in [-0.2, -0.15) is 10.4 Å². The molecule has 0 saturated heterocycles. The Kier molecular flexibility index (Phi) is 7.79. The van der Waals surface area contributed by atoms with Crippen LogP contribution in [0.3, 0.4) is 0 Å². The Balaban J connectivity index is 1.50. The maximum absolute atomic E-state index is 11.9. The highest BCUT2D eigenvalue weighted by Crippen LogP contribution is 2.26. The fourth-order valence-electron chi connectivity index (χ4n) is 2.70. The van der Waals surface area contributed by atoms with Crippen molar-refractivity contribution in [2.24, 2.45) is 5.10 Å². The molecule has 0 atom stereocenters. The van der Waals surface area contributed by atoms with Crippen LogP contribution in [0.15, 0.2) is 76.3 Å². The molecule has 0 spiro atoms. The van der Waals surface area contributed by atoms with Crippen LogP contribution in [-0.2, 0) is 11.4 Å². The van der Waals surface area contributed by atoms with E-state index in [2.05, 4.69) is 37.8 Å². The van der Waals surface area contributed by atoms with E-state index in [4.69, 9.17) is 10.00 Å². The number of anilines is 1. The molecule has 1 amide bonds. The fraction of sp³-hybridized carbons (Fsp3) is 0.125. The molecule has 0 aromatic heterocycles. The van der Waals surface area contributed by atoms with Gasteiger partial charge in [0.2, 0.25) is 0 Å². The number of carbonyl (C=O) groups excluding carboxylic acids is 1. The van der Waals surface area contributed by atoms with E-state index < -0.39 is 0 Å². The molecule has 156 valence electrons. The van der Waals surface area contributed by atoms with E-state index >= 15 is 0 Å². The number of nitriles is 1. The van der Waals surface area contributed by atoms with Gasteiger partial charge >= 0.3 is 0 Å². The summed E-state index contributed by atoms with van der Waals surface area (Å²) in [6, 6.07) is 22.8. The van der Waals surface area contributed by atoms with Crippen LogP contribution in [-0.4, -0.2) is 18.7 Å². The van der Waals surface area contributed by atoms with Crippen LogP contribution in [0, 0.1) is 18.3 Å². The summed E-state index contributed by atoms with van der Waals surface area (Å²) in [5, 5.41) is 16.2. The minimum Gasteiger partial charge on any atom is -0.488 e. The van der Waals surface area contributed by atoms with Crippen molar-refractivity contribution in [2.45, 2.75) is 13.5 Å². The summed E-state index contributed by atoms with van der Waals surface area (Å²) < 4.78 is 6.57. The summed E-state index contributed by atoms with van der Waals surface area (Å²) in [5.74, 6) is 0.406. The second kappa shape index (κ2) is 11.0. The van der Waals surface area contributed by atoms with Crippen LogP contribution in [0.5, 0.6) is 5.75 Å². The zero-order valence-corrected chi connectivity index (χ0v) is 18.5. The first-order chi connectivity index (χ1) is 15.0. The van der Waals surface area contributed by atoms with E-state index in [1.165, 1.54) is 0 Å². The van der Waals surface area contributed by atoms with E-state index in [1.54, 1.807) is 18.3 Å². The molecule has 2 N–H and O–H groups in total. The quantitative estimate of drug-likeness (QED) is 0.362. The highest BCUT2D eigenvalue weighted by atomic mass is 79.9. The highest BCUT2D eigenvalue weighted by molar-refractivity contribution is 9.10. The van der Waals surface area contributed by atoms with Crippen LogP contribution in [0.1, 0.15) is 22.3 Å². The van der Waals surface area contributed by atoms with Crippen molar-refractivity contribution < 1.29 is 9.53 Å². The lowest BCUT2D eigenvalue weighted by atomic mass is 10.1. The lowest BCUT2D eigenvalue weighted by molar-refractivity contribution is -0.119. The number of nitrogens with zero attached hydrogens (tertiary/aromatic N) is 2. The molecular formula is C24H21BrN4O2. The van der Waals surface area contributed by atoms with Crippen LogP contribution >= 0.6 is 15.9 Å². The molecule has 3 rings (SSSR count). The van der Waals surface area contributed by atoms with Gasteiger partial charge in [0.1, 0.15) is 12.4 Å². The lowest BCUT2D eigenvalue weighted by Gasteiger charge is -2.10. The number of hydrogen-bond donors (Lipinski definition) is 2. The first kappa shape index (κ1) is 22.1. The maximum atomic E-state index is 11.9. The zero-order chi connectivity index (χ0) is 22.1. The van der Waals surface area contributed by atoms with Gasteiger partial charge in [0.05, 0.1) is 28.9 Å². The molecule has 0 radical (unpaired) electrons. The Bertz CT molecular complexity index is 1120. The number of hydrogen-bond acceptors (Lipinski definition) is 5. The predicted octanol–water partition coefficient (Wildman–Crippen LogP) is 4.77. The largest absolute Gasteiger partial charge is 0.488 e. The van der Waals surface area contributed by atoms with Gasteiger partial charge in [-0.15, -0.1) is 0 Å². The Morgan fingerprint density at radius 1 is 1.16 bits per heavy atom. The van der Waals surface area contributed by atoms with Crippen LogP contribution in [0.25, 0.3) is 0 Å². The third-order valence-electron chi connectivity index (χ3n) is 4.38. The van der Waals surface area contributed by atoms with Gasteiger partial charge in [0.15, 0.2) is 0 Å². The summed E-state index contributed by atoms with van der Waals surface area (Å²) in [5.41, 5.74) is 6.75. The van der Waals surface area contributed by atoms with Gasteiger partial charge < -0.3 is 10.1 Å². The molecule has 0 unspecified atom stereocenters. The normalized spacial score (nSPS) is 10.5. The summed E-state index contributed by atoms with van der Waals surface area (Å²) in [7, 11) is 0. The third kappa shape index (κ3) is 6.69. The standard InChI is InChI=1S/C24H21BrN4O2/c1-17-6-9-21(10-7-17)27-15-24(30)29-28-14-18-8-11-23(22(25)12-18)31-16-20-5-3-2-4-19(20)13-26/h2-12,14,27H,15-16H2,1H3,(H,29,30)/b28-14-.